The van der Waals surface area contributed by atoms with E-state index in [4.69, 9.17) is 14.2 Å². The third-order valence-corrected chi connectivity index (χ3v) is 6.93. The molecule has 0 heterocycles. The predicted molar refractivity (Wildman–Crippen MR) is 185 cm³/mol. The van der Waals surface area contributed by atoms with Gasteiger partial charge >= 0.3 is 11.9 Å². The van der Waals surface area contributed by atoms with Crippen molar-refractivity contribution in [2.75, 3.05) is 41.0 Å². The molecule has 0 aliphatic rings. The van der Waals surface area contributed by atoms with Gasteiger partial charge in [-0.05, 0) is 57.8 Å². The third kappa shape index (κ3) is 27.1. The van der Waals surface area contributed by atoms with E-state index in [2.05, 4.69) is 50.3 Å². The number of esters is 2. The van der Waals surface area contributed by atoms with E-state index >= 15 is 0 Å². The standard InChI is InChI=1S/C38H61NO7/c1-6-8-10-12-14-16-17-18-19-21-23-25-27-29-37(41)46-34(32-44-31-30-35(38(42)43)39(3,4)5)33-45-36(40)28-26-24-22-20-15-13-11-9-7-2/h8-12,14-20,34-35H,6-7,13,21-33H2,1-5H3/b10-8+,11-9+,14-12+,17-16+,19-18+,20-15+. The maximum absolute atomic E-state index is 12.6. The normalized spacial score (nSPS) is 14.0. The molecule has 2 unspecified atom stereocenters. The zero-order valence-corrected chi connectivity index (χ0v) is 29.2. The Kier molecular flexibility index (Phi) is 27.1. The first kappa shape index (κ1) is 42.8. The number of aliphatic carboxylic acids is 1. The number of likely N-dealkylation sites (N-methyl/N-ethyl adjacent to an activating group) is 1. The molecule has 2 atom stereocenters. The molecule has 0 bridgehead atoms. The van der Waals surface area contributed by atoms with Crippen LogP contribution in [0.4, 0.5) is 0 Å². The highest BCUT2D eigenvalue weighted by atomic mass is 16.6. The third-order valence-electron chi connectivity index (χ3n) is 6.93. The second kappa shape index (κ2) is 29.2. The highest BCUT2D eigenvalue weighted by molar-refractivity contribution is 5.70. The molecule has 0 spiro atoms. The van der Waals surface area contributed by atoms with E-state index in [9.17, 15) is 19.5 Å². The number of hydrogen-bond acceptors (Lipinski definition) is 7. The van der Waals surface area contributed by atoms with Gasteiger partial charge in [-0.25, -0.2) is 0 Å². The molecule has 0 aliphatic carbocycles. The molecule has 260 valence electrons. The zero-order valence-electron chi connectivity index (χ0n) is 29.2. The summed E-state index contributed by atoms with van der Waals surface area (Å²) in [5.41, 5.74) is 0. The van der Waals surface area contributed by atoms with Crippen LogP contribution in [0.2, 0.25) is 0 Å². The number of carboxylic acids is 1. The SMILES string of the molecule is CC/C=C/C=C/C=C/C=C/CCCCCC(=O)OC(COCCC(C(=O)[O-])[N+](C)(C)C)COC(=O)CCCC/C=C/C/C=C/CC. The Morgan fingerprint density at radius 1 is 0.674 bits per heavy atom. The van der Waals surface area contributed by atoms with Gasteiger partial charge in [-0.15, -0.1) is 0 Å². The van der Waals surface area contributed by atoms with Crippen LogP contribution in [0.25, 0.3) is 0 Å². The van der Waals surface area contributed by atoms with Crippen LogP contribution in [0, 0.1) is 0 Å². The number of carbonyl (C=O) groups excluding carboxylic acids is 3. The van der Waals surface area contributed by atoms with Crippen LogP contribution in [0.1, 0.15) is 97.3 Å². The lowest BCUT2D eigenvalue weighted by Gasteiger charge is -2.34. The Bertz CT molecular complexity index is 985. The molecule has 0 saturated heterocycles. The van der Waals surface area contributed by atoms with Crippen LogP contribution >= 0.6 is 0 Å². The fraction of sp³-hybridized carbons (Fsp3) is 0.605. The Balaban J connectivity index is 4.62. The molecular weight excluding hydrogens is 582 g/mol. The van der Waals surface area contributed by atoms with Crippen molar-refractivity contribution < 1.29 is 38.2 Å². The lowest BCUT2D eigenvalue weighted by molar-refractivity contribution is -0.889. The fourth-order valence-electron chi connectivity index (χ4n) is 4.29. The number of nitrogens with zero attached hydrogens (tertiary/aromatic N) is 1. The Morgan fingerprint density at radius 2 is 1.26 bits per heavy atom. The average molecular weight is 644 g/mol. The number of ether oxygens (including phenoxy) is 3. The number of allylic oxidation sites excluding steroid dienone is 12. The quantitative estimate of drug-likeness (QED) is 0.0306. The molecular formula is C38H61NO7. The number of hydrogen-bond donors (Lipinski definition) is 0. The highest BCUT2D eigenvalue weighted by Gasteiger charge is 2.25. The largest absolute Gasteiger partial charge is 0.544 e. The summed E-state index contributed by atoms with van der Waals surface area (Å²) < 4.78 is 16.9. The van der Waals surface area contributed by atoms with Crippen molar-refractivity contribution in [3.63, 3.8) is 0 Å². The van der Waals surface area contributed by atoms with Gasteiger partial charge in [0.2, 0.25) is 0 Å². The van der Waals surface area contributed by atoms with E-state index in [-0.39, 0.29) is 49.1 Å². The molecule has 0 aromatic rings. The van der Waals surface area contributed by atoms with Crippen molar-refractivity contribution in [3.05, 3.63) is 72.9 Å². The number of rotatable bonds is 28. The van der Waals surface area contributed by atoms with Gasteiger partial charge < -0.3 is 28.6 Å². The van der Waals surface area contributed by atoms with Crippen LogP contribution in [-0.2, 0) is 28.6 Å². The molecule has 0 N–H and O–H groups in total. The van der Waals surface area contributed by atoms with E-state index in [1.807, 2.05) is 36.5 Å². The maximum Gasteiger partial charge on any atom is 0.306 e. The Morgan fingerprint density at radius 3 is 1.93 bits per heavy atom. The molecule has 0 amide bonds. The Hall–Kier alpha value is -3.23. The summed E-state index contributed by atoms with van der Waals surface area (Å²) in [4.78, 5) is 36.4. The molecule has 0 radical (unpaired) electrons. The second-order valence-corrected chi connectivity index (χ2v) is 12.1. The van der Waals surface area contributed by atoms with Gasteiger partial charge in [0.25, 0.3) is 0 Å². The zero-order chi connectivity index (χ0) is 34.3. The van der Waals surface area contributed by atoms with Crippen LogP contribution in [0.15, 0.2) is 72.9 Å². The molecule has 46 heavy (non-hydrogen) atoms. The molecule has 0 aromatic heterocycles. The van der Waals surface area contributed by atoms with E-state index in [1.165, 1.54) is 0 Å². The summed E-state index contributed by atoms with van der Waals surface area (Å²) in [6, 6.07) is -0.739. The molecule has 8 nitrogen and oxygen atoms in total. The molecule has 0 rings (SSSR count). The second-order valence-electron chi connectivity index (χ2n) is 12.1. The summed E-state index contributed by atoms with van der Waals surface area (Å²) in [6.07, 6.45) is 33.8. The van der Waals surface area contributed by atoms with Crippen molar-refractivity contribution in [1.82, 2.24) is 0 Å². The van der Waals surface area contributed by atoms with Crippen LogP contribution in [0.5, 0.6) is 0 Å². The van der Waals surface area contributed by atoms with Crippen molar-refractivity contribution in [1.29, 1.82) is 0 Å². The summed E-state index contributed by atoms with van der Waals surface area (Å²) >= 11 is 0. The van der Waals surface area contributed by atoms with Crippen molar-refractivity contribution in [2.45, 2.75) is 109 Å². The predicted octanol–water partition coefficient (Wildman–Crippen LogP) is 6.73. The molecule has 0 aromatic carbocycles. The fourth-order valence-corrected chi connectivity index (χ4v) is 4.29. The van der Waals surface area contributed by atoms with Gasteiger partial charge in [0.1, 0.15) is 12.6 Å². The van der Waals surface area contributed by atoms with E-state index in [1.54, 1.807) is 21.1 Å². The molecule has 0 fully saturated rings. The topological polar surface area (TPSA) is 102 Å². The molecule has 0 saturated carbocycles. The van der Waals surface area contributed by atoms with Crippen LogP contribution in [-0.4, -0.2) is 75.5 Å². The number of carbonyl (C=O) groups is 3. The van der Waals surface area contributed by atoms with Gasteiger partial charge in [0.15, 0.2) is 6.10 Å². The van der Waals surface area contributed by atoms with Gasteiger partial charge in [-0.1, -0.05) is 93.2 Å². The molecule has 0 aliphatic heterocycles. The van der Waals surface area contributed by atoms with Crippen LogP contribution in [0.3, 0.4) is 0 Å². The smallest absolute Gasteiger partial charge is 0.306 e. The average Bonchev–Trinajstić information content (AvgIpc) is 3.00. The Labute approximate surface area is 279 Å². The highest BCUT2D eigenvalue weighted by Crippen LogP contribution is 2.10. The van der Waals surface area contributed by atoms with Gasteiger partial charge in [-0.3, -0.25) is 9.59 Å². The van der Waals surface area contributed by atoms with E-state index < -0.39 is 18.1 Å². The summed E-state index contributed by atoms with van der Waals surface area (Å²) in [6.45, 7) is 4.26. The van der Waals surface area contributed by atoms with Gasteiger partial charge in [0, 0.05) is 19.3 Å². The van der Waals surface area contributed by atoms with Crippen molar-refractivity contribution >= 4 is 17.9 Å². The first-order chi connectivity index (χ1) is 22.1. The molecule has 8 heteroatoms. The summed E-state index contributed by atoms with van der Waals surface area (Å²) in [7, 11) is 5.35. The lowest BCUT2D eigenvalue weighted by atomic mass is 10.1. The monoisotopic (exact) mass is 643 g/mol. The van der Waals surface area contributed by atoms with Crippen LogP contribution < -0.4 is 5.11 Å². The summed E-state index contributed by atoms with van der Waals surface area (Å²) in [5, 5.41) is 11.5. The maximum atomic E-state index is 12.6. The minimum atomic E-state index is -1.14. The summed E-state index contributed by atoms with van der Waals surface area (Å²) in [5.74, 6) is -1.85. The van der Waals surface area contributed by atoms with Crippen molar-refractivity contribution in [3.8, 4) is 0 Å². The van der Waals surface area contributed by atoms with Crippen molar-refractivity contribution in [2.24, 2.45) is 0 Å². The van der Waals surface area contributed by atoms with E-state index in [0.717, 1.165) is 51.4 Å². The van der Waals surface area contributed by atoms with Gasteiger partial charge in [0.05, 0.1) is 40.3 Å². The van der Waals surface area contributed by atoms with E-state index in [0.29, 0.717) is 19.3 Å². The van der Waals surface area contributed by atoms with Gasteiger partial charge in [-0.2, -0.15) is 0 Å². The lowest BCUT2D eigenvalue weighted by Crippen LogP contribution is -2.55. The first-order valence-corrected chi connectivity index (χ1v) is 17.0. The minimum absolute atomic E-state index is 0.00952. The first-order valence-electron chi connectivity index (χ1n) is 17.0. The number of quaternary nitrogens is 1. The number of unbranched alkanes of at least 4 members (excludes halogenated alkanes) is 5. The number of carboxylic acid groups (broad SMARTS) is 1. The minimum Gasteiger partial charge on any atom is -0.544 e.